The van der Waals surface area contributed by atoms with Crippen LogP contribution < -0.4 is 10.2 Å². The summed E-state index contributed by atoms with van der Waals surface area (Å²) in [6.07, 6.45) is 1.64. The van der Waals surface area contributed by atoms with E-state index in [-0.39, 0.29) is 17.5 Å². The van der Waals surface area contributed by atoms with Crippen molar-refractivity contribution in [3.63, 3.8) is 0 Å². The number of hydrogen-bond donors (Lipinski definition) is 2. The molecule has 0 radical (unpaired) electrons. The molecule has 0 unspecified atom stereocenters. The molecule has 1 aliphatic rings. The zero-order chi connectivity index (χ0) is 17.7. The molecule has 0 bridgehead atoms. The maximum absolute atomic E-state index is 11.9. The van der Waals surface area contributed by atoms with Gasteiger partial charge in [0.05, 0.1) is 32.1 Å². The van der Waals surface area contributed by atoms with Gasteiger partial charge in [0.15, 0.2) is 14.9 Å². The third-order valence-corrected chi connectivity index (χ3v) is 6.38. The monoisotopic (exact) mass is 370 g/mol. The molecule has 0 amide bonds. The lowest BCUT2D eigenvalue weighted by Gasteiger charge is -2.31. The van der Waals surface area contributed by atoms with Crippen molar-refractivity contribution in [2.75, 3.05) is 44.0 Å². The molecule has 1 saturated heterocycles. The number of sulfone groups is 1. The Bertz CT molecular complexity index is 657. The molecule has 1 aromatic carbocycles. The molecule has 1 atom stereocenters. The summed E-state index contributed by atoms with van der Waals surface area (Å²) in [6.45, 7) is 3.85. The zero-order valence-electron chi connectivity index (χ0n) is 14.7. The third kappa shape index (κ3) is 5.72. The Morgan fingerprint density at radius 1 is 1.33 bits per heavy atom. The number of quaternary nitrogens is 1. The van der Waals surface area contributed by atoms with Gasteiger partial charge in [0.1, 0.15) is 0 Å². The summed E-state index contributed by atoms with van der Waals surface area (Å²) >= 11 is 5.59. The van der Waals surface area contributed by atoms with Crippen molar-refractivity contribution in [2.45, 2.75) is 25.8 Å². The van der Waals surface area contributed by atoms with Crippen molar-refractivity contribution < 1.29 is 13.3 Å². The molecule has 7 heteroatoms. The molecule has 5 nitrogen and oxygen atoms in total. The molecular formula is C17H28N3O2S2+. The fourth-order valence-corrected chi connectivity index (χ4v) is 5.00. The molecule has 0 saturated carbocycles. The molecule has 1 aromatic rings. The van der Waals surface area contributed by atoms with Crippen LogP contribution in [0.5, 0.6) is 0 Å². The lowest BCUT2D eigenvalue weighted by molar-refractivity contribution is -0.858. The van der Waals surface area contributed by atoms with Gasteiger partial charge in [0.25, 0.3) is 0 Å². The minimum Gasteiger partial charge on any atom is -0.345 e. The smallest absolute Gasteiger partial charge is 0.173 e. The number of anilines is 1. The predicted octanol–water partition coefficient (Wildman–Crippen LogP) is 0.716. The fraction of sp³-hybridized carbons (Fsp3) is 0.588. The highest BCUT2D eigenvalue weighted by Gasteiger charge is 2.33. The molecule has 24 heavy (non-hydrogen) atoms. The van der Waals surface area contributed by atoms with E-state index in [0.29, 0.717) is 11.5 Å². The minimum absolute atomic E-state index is 0.0161. The normalized spacial score (nSPS) is 19.4. The van der Waals surface area contributed by atoms with Gasteiger partial charge in [-0.05, 0) is 37.7 Å². The van der Waals surface area contributed by atoms with Gasteiger partial charge in [-0.15, -0.1) is 0 Å². The number of benzene rings is 1. The molecule has 1 heterocycles. The van der Waals surface area contributed by atoms with E-state index in [2.05, 4.69) is 24.3 Å². The second kappa shape index (κ2) is 8.27. The Morgan fingerprint density at radius 3 is 2.54 bits per heavy atom. The lowest BCUT2D eigenvalue weighted by atomic mass is 10.2. The number of thiocarbonyl (C=S) groups is 1. The van der Waals surface area contributed by atoms with Crippen LogP contribution in [0.25, 0.3) is 0 Å². The van der Waals surface area contributed by atoms with Crippen LogP contribution in [0.1, 0.15) is 18.4 Å². The van der Waals surface area contributed by atoms with E-state index in [9.17, 15) is 8.42 Å². The van der Waals surface area contributed by atoms with E-state index in [1.165, 1.54) is 10.5 Å². The highest BCUT2D eigenvalue weighted by atomic mass is 32.2. The van der Waals surface area contributed by atoms with Crippen LogP contribution in [0.4, 0.5) is 5.69 Å². The maximum Gasteiger partial charge on any atom is 0.173 e. The van der Waals surface area contributed by atoms with Gasteiger partial charge in [-0.25, -0.2) is 8.42 Å². The summed E-state index contributed by atoms with van der Waals surface area (Å²) in [4.78, 5) is 3.45. The van der Waals surface area contributed by atoms with Crippen molar-refractivity contribution in [1.82, 2.24) is 4.90 Å². The van der Waals surface area contributed by atoms with E-state index < -0.39 is 9.84 Å². The van der Waals surface area contributed by atoms with Gasteiger partial charge < -0.3 is 15.1 Å². The van der Waals surface area contributed by atoms with E-state index in [0.717, 1.165) is 25.2 Å². The summed E-state index contributed by atoms with van der Waals surface area (Å²) in [5, 5.41) is 3.89. The largest absolute Gasteiger partial charge is 0.345 e. The quantitative estimate of drug-likeness (QED) is 0.723. The first-order chi connectivity index (χ1) is 11.3. The van der Waals surface area contributed by atoms with E-state index >= 15 is 0 Å². The Kier molecular flexibility index (Phi) is 6.60. The molecule has 1 fully saturated rings. The Hall–Kier alpha value is -1.18. The van der Waals surface area contributed by atoms with E-state index in [1.54, 1.807) is 0 Å². The summed E-state index contributed by atoms with van der Waals surface area (Å²) in [5.41, 5.74) is 2.13. The van der Waals surface area contributed by atoms with Crippen LogP contribution in [0.3, 0.4) is 0 Å². The summed E-state index contributed by atoms with van der Waals surface area (Å²) in [5.74, 6) is 0.470. The average Bonchev–Trinajstić information content (AvgIpc) is 2.85. The van der Waals surface area contributed by atoms with Crippen LogP contribution in [-0.2, 0) is 9.84 Å². The molecule has 134 valence electrons. The first-order valence-electron chi connectivity index (χ1n) is 8.40. The highest BCUT2D eigenvalue weighted by Crippen LogP contribution is 2.20. The molecule has 2 N–H and O–H groups in total. The second-order valence-electron chi connectivity index (χ2n) is 6.86. The van der Waals surface area contributed by atoms with Crippen molar-refractivity contribution in [2.24, 2.45) is 0 Å². The van der Waals surface area contributed by atoms with Crippen LogP contribution in [0.2, 0.25) is 0 Å². The number of rotatable bonds is 6. The number of aryl methyl sites for hydroxylation is 1. The van der Waals surface area contributed by atoms with Crippen LogP contribution >= 0.6 is 12.2 Å². The SMILES string of the molecule is Cc1ccc(NC(=S)N(CCC[NH+](C)C)[C@@H]2CCS(=O)(=O)C2)cc1. The van der Waals surface area contributed by atoms with Crippen molar-refractivity contribution >= 4 is 32.9 Å². The Labute approximate surface area is 150 Å². The van der Waals surface area contributed by atoms with Crippen molar-refractivity contribution in [3.05, 3.63) is 29.8 Å². The predicted molar refractivity (Wildman–Crippen MR) is 103 cm³/mol. The van der Waals surface area contributed by atoms with Crippen LogP contribution in [0.15, 0.2) is 24.3 Å². The number of nitrogens with zero attached hydrogens (tertiary/aromatic N) is 1. The van der Waals surface area contributed by atoms with Gasteiger partial charge in [0.2, 0.25) is 0 Å². The van der Waals surface area contributed by atoms with Crippen molar-refractivity contribution in [1.29, 1.82) is 0 Å². The molecule has 1 aliphatic heterocycles. The Balaban J connectivity index is 2.05. The zero-order valence-corrected chi connectivity index (χ0v) is 16.3. The number of hydrogen-bond acceptors (Lipinski definition) is 3. The highest BCUT2D eigenvalue weighted by molar-refractivity contribution is 7.91. The molecule has 2 rings (SSSR count). The standard InChI is InChI=1S/C17H27N3O2S2/c1-14-5-7-15(8-6-14)18-17(23)20(11-4-10-19(2)3)16-9-12-24(21,22)13-16/h5-8,16H,4,9-13H2,1-3H3,(H,18,23)/p+1/t16-/m1/s1. The molecule has 0 aromatic heterocycles. The molecular weight excluding hydrogens is 342 g/mol. The average molecular weight is 371 g/mol. The van der Waals surface area contributed by atoms with Crippen LogP contribution in [-0.4, -0.2) is 63.2 Å². The van der Waals surface area contributed by atoms with E-state index in [4.69, 9.17) is 12.2 Å². The number of nitrogens with one attached hydrogen (secondary N) is 2. The van der Waals surface area contributed by atoms with Gasteiger partial charge in [-0.1, -0.05) is 17.7 Å². The van der Waals surface area contributed by atoms with Crippen molar-refractivity contribution in [3.8, 4) is 0 Å². The van der Waals surface area contributed by atoms with Gasteiger partial charge in [-0.2, -0.15) is 0 Å². The maximum atomic E-state index is 11.9. The molecule has 0 spiro atoms. The van der Waals surface area contributed by atoms with Gasteiger partial charge in [0, 0.05) is 24.7 Å². The summed E-state index contributed by atoms with van der Waals surface area (Å²) < 4.78 is 23.7. The first kappa shape index (κ1) is 19.1. The Morgan fingerprint density at radius 2 is 2.00 bits per heavy atom. The lowest BCUT2D eigenvalue weighted by Crippen LogP contribution is -3.05. The van der Waals surface area contributed by atoms with E-state index in [1.807, 2.05) is 31.2 Å². The van der Waals surface area contributed by atoms with Gasteiger partial charge >= 0.3 is 0 Å². The topological polar surface area (TPSA) is 53.9 Å². The third-order valence-electron chi connectivity index (χ3n) is 4.29. The second-order valence-corrected chi connectivity index (χ2v) is 9.47. The molecule has 0 aliphatic carbocycles. The summed E-state index contributed by atoms with van der Waals surface area (Å²) in [6, 6.07) is 8.04. The fourth-order valence-electron chi connectivity index (χ4n) is 2.91. The van der Waals surface area contributed by atoms with Gasteiger partial charge in [-0.3, -0.25) is 0 Å². The summed E-state index contributed by atoms with van der Waals surface area (Å²) in [7, 11) is 1.31. The minimum atomic E-state index is -2.93. The van der Waals surface area contributed by atoms with Crippen LogP contribution in [0, 0.1) is 6.92 Å². The first-order valence-corrected chi connectivity index (χ1v) is 10.6.